The maximum absolute atomic E-state index is 13.2. The van der Waals surface area contributed by atoms with Gasteiger partial charge >= 0.3 is 0 Å². The molecular formula is C26H21N3O3S2. The number of carbonyl (C=O) groups excluding carboxylic acids is 1. The Morgan fingerprint density at radius 2 is 1.88 bits per heavy atom. The van der Waals surface area contributed by atoms with E-state index in [1.807, 2.05) is 54.0 Å². The van der Waals surface area contributed by atoms with Crippen molar-refractivity contribution in [1.82, 2.24) is 4.57 Å². The summed E-state index contributed by atoms with van der Waals surface area (Å²) in [4.78, 5) is 17.9. The molecule has 2 heterocycles. The number of benzene rings is 3. The SMILES string of the molecule is C#CCn1c(=NC(=O)c2ccc(S(=O)(=O)N3CCc4ccccc43)cc2)sc2cc(C)ccc21. The zero-order valence-electron chi connectivity index (χ0n) is 18.4. The number of para-hydroxylation sites is 1. The fourth-order valence-corrected chi connectivity index (χ4v) is 6.74. The number of carbonyl (C=O) groups is 1. The number of hydrogen-bond donors (Lipinski definition) is 0. The second-order valence-corrected chi connectivity index (χ2v) is 10.9. The Kier molecular flexibility index (Phi) is 5.60. The minimum atomic E-state index is -3.72. The van der Waals surface area contributed by atoms with Crippen molar-refractivity contribution in [2.45, 2.75) is 24.8 Å². The molecule has 1 amide bonds. The van der Waals surface area contributed by atoms with E-state index in [9.17, 15) is 13.2 Å². The van der Waals surface area contributed by atoms with Gasteiger partial charge in [0.2, 0.25) is 0 Å². The standard InChI is InChI=1S/C26H21N3O3S2/c1-3-15-28-23-13-8-18(2)17-24(23)33-26(28)27-25(30)20-9-11-21(12-10-20)34(31,32)29-16-14-19-6-4-5-7-22(19)29/h1,4-13,17H,14-16H2,2H3. The van der Waals surface area contributed by atoms with Crippen LogP contribution in [0.15, 0.2) is 76.6 Å². The number of sulfonamides is 1. The molecule has 34 heavy (non-hydrogen) atoms. The molecule has 0 radical (unpaired) electrons. The van der Waals surface area contributed by atoms with Gasteiger partial charge in [-0.15, -0.1) is 6.42 Å². The number of terminal acetylenes is 1. The van der Waals surface area contributed by atoms with E-state index in [2.05, 4.69) is 10.9 Å². The largest absolute Gasteiger partial charge is 0.305 e. The number of hydrogen-bond acceptors (Lipinski definition) is 4. The highest BCUT2D eigenvalue weighted by Crippen LogP contribution is 2.32. The minimum absolute atomic E-state index is 0.139. The van der Waals surface area contributed by atoms with Gasteiger partial charge in [-0.1, -0.05) is 41.5 Å². The Hall–Kier alpha value is -3.67. The number of aromatic nitrogens is 1. The zero-order valence-corrected chi connectivity index (χ0v) is 20.1. The molecule has 8 heteroatoms. The van der Waals surface area contributed by atoms with E-state index in [0.717, 1.165) is 21.3 Å². The van der Waals surface area contributed by atoms with Crippen LogP contribution in [0.3, 0.4) is 0 Å². The highest BCUT2D eigenvalue weighted by molar-refractivity contribution is 7.92. The molecule has 0 N–H and O–H groups in total. The van der Waals surface area contributed by atoms with Crippen molar-refractivity contribution in [2.24, 2.45) is 4.99 Å². The van der Waals surface area contributed by atoms with Crippen LogP contribution in [0.2, 0.25) is 0 Å². The first-order valence-corrected chi connectivity index (χ1v) is 13.0. The van der Waals surface area contributed by atoms with E-state index in [-0.39, 0.29) is 4.90 Å². The van der Waals surface area contributed by atoms with Crippen molar-refractivity contribution in [3.05, 3.63) is 88.2 Å². The summed E-state index contributed by atoms with van der Waals surface area (Å²) in [5.41, 5.74) is 4.05. The molecule has 1 aromatic heterocycles. The number of fused-ring (bicyclic) bond motifs is 2. The van der Waals surface area contributed by atoms with E-state index in [0.29, 0.717) is 35.6 Å². The first kappa shape index (κ1) is 22.1. The van der Waals surface area contributed by atoms with Gasteiger partial charge in [0.15, 0.2) is 4.80 Å². The van der Waals surface area contributed by atoms with Gasteiger partial charge in [0.1, 0.15) is 0 Å². The topological polar surface area (TPSA) is 71.7 Å². The second-order valence-electron chi connectivity index (χ2n) is 8.04. The first-order valence-electron chi connectivity index (χ1n) is 10.7. The Balaban J connectivity index is 1.47. The number of rotatable bonds is 4. The minimum Gasteiger partial charge on any atom is -0.305 e. The molecule has 170 valence electrons. The van der Waals surface area contributed by atoms with Gasteiger partial charge in [-0.2, -0.15) is 4.99 Å². The lowest BCUT2D eigenvalue weighted by atomic mass is 10.2. The molecule has 1 aliphatic rings. The summed E-state index contributed by atoms with van der Waals surface area (Å²) in [6.07, 6.45) is 6.21. The lowest BCUT2D eigenvalue weighted by molar-refractivity contribution is 0.0998. The van der Waals surface area contributed by atoms with Gasteiger partial charge in [-0.25, -0.2) is 8.42 Å². The molecule has 0 unspecified atom stereocenters. The van der Waals surface area contributed by atoms with Crippen molar-refractivity contribution in [1.29, 1.82) is 0 Å². The molecule has 3 aromatic carbocycles. The highest BCUT2D eigenvalue weighted by atomic mass is 32.2. The third kappa shape index (κ3) is 3.83. The van der Waals surface area contributed by atoms with Crippen LogP contribution in [0.25, 0.3) is 10.2 Å². The van der Waals surface area contributed by atoms with Gasteiger partial charge < -0.3 is 4.57 Å². The lowest BCUT2D eigenvalue weighted by Gasteiger charge is -2.19. The van der Waals surface area contributed by atoms with Crippen molar-refractivity contribution in [3.63, 3.8) is 0 Å². The van der Waals surface area contributed by atoms with Gasteiger partial charge in [0, 0.05) is 12.1 Å². The van der Waals surface area contributed by atoms with Gasteiger partial charge in [0.25, 0.3) is 15.9 Å². The monoisotopic (exact) mass is 487 g/mol. The first-order chi connectivity index (χ1) is 16.4. The van der Waals surface area contributed by atoms with E-state index in [4.69, 9.17) is 6.42 Å². The summed E-state index contributed by atoms with van der Waals surface area (Å²) in [5, 5.41) is 0. The number of nitrogens with zero attached hydrogens (tertiary/aromatic N) is 3. The zero-order chi connectivity index (χ0) is 23.9. The quantitative estimate of drug-likeness (QED) is 0.406. The lowest BCUT2D eigenvalue weighted by Crippen LogP contribution is -2.29. The fourth-order valence-electron chi connectivity index (χ4n) is 4.12. The predicted octanol–water partition coefficient (Wildman–Crippen LogP) is 4.14. The van der Waals surface area contributed by atoms with Crippen LogP contribution in [0, 0.1) is 19.3 Å². The molecule has 0 fully saturated rings. The average molecular weight is 488 g/mol. The molecule has 0 atom stereocenters. The second kappa shape index (κ2) is 8.60. The molecular weight excluding hydrogens is 466 g/mol. The van der Waals surface area contributed by atoms with Crippen LogP contribution in [0.1, 0.15) is 21.5 Å². The molecule has 0 saturated heterocycles. The maximum atomic E-state index is 13.2. The molecule has 1 aliphatic heterocycles. The van der Waals surface area contributed by atoms with Crippen molar-refractivity contribution in [3.8, 4) is 12.3 Å². The van der Waals surface area contributed by atoms with E-state index in [1.165, 1.54) is 39.9 Å². The van der Waals surface area contributed by atoms with Crippen LogP contribution in [0.4, 0.5) is 5.69 Å². The fraction of sp³-hybridized carbons (Fsp3) is 0.154. The normalized spacial score (nSPS) is 13.8. The van der Waals surface area contributed by atoms with E-state index >= 15 is 0 Å². The van der Waals surface area contributed by atoms with Crippen molar-refractivity contribution >= 4 is 43.2 Å². The summed E-state index contributed by atoms with van der Waals surface area (Å²) in [6.45, 7) is 2.70. The predicted molar refractivity (Wildman–Crippen MR) is 134 cm³/mol. The van der Waals surface area contributed by atoms with Gasteiger partial charge in [-0.05, 0) is 66.9 Å². The average Bonchev–Trinajstić information content (AvgIpc) is 3.41. The van der Waals surface area contributed by atoms with Crippen LogP contribution < -0.4 is 9.11 Å². The summed E-state index contributed by atoms with van der Waals surface area (Å²) in [7, 11) is -3.72. The van der Waals surface area contributed by atoms with Gasteiger partial charge in [0.05, 0.1) is 27.3 Å². The summed E-state index contributed by atoms with van der Waals surface area (Å²) in [5.74, 6) is 2.16. The molecule has 4 aromatic rings. The third-order valence-corrected chi connectivity index (χ3v) is 8.69. The van der Waals surface area contributed by atoms with Crippen LogP contribution in [0.5, 0.6) is 0 Å². The number of anilines is 1. The molecule has 0 saturated carbocycles. The third-order valence-electron chi connectivity index (χ3n) is 5.82. The van der Waals surface area contributed by atoms with Crippen LogP contribution in [-0.4, -0.2) is 25.4 Å². The van der Waals surface area contributed by atoms with E-state index in [1.54, 1.807) is 0 Å². The maximum Gasteiger partial charge on any atom is 0.279 e. The number of aryl methyl sites for hydroxylation is 1. The smallest absolute Gasteiger partial charge is 0.279 e. The Morgan fingerprint density at radius 3 is 2.65 bits per heavy atom. The Morgan fingerprint density at radius 1 is 1.12 bits per heavy atom. The summed E-state index contributed by atoms with van der Waals surface area (Å²) >= 11 is 1.40. The van der Waals surface area contributed by atoms with Crippen molar-refractivity contribution in [2.75, 3.05) is 10.8 Å². The molecule has 0 aliphatic carbocycles. The molecule has 5 rings (SSSR count). The van der Waals surface area contributed by atoms with Crippen molar-refractivity contribution < 1.29 is 13.2 Å². The highest BCUT2D eigenvalue weighted by Gasteiger charge is 2.30. The molecule has 0 bridgehead atoms. The van der Waals surface area contributed by atoms with Gasteiger partial charge in [-0.3, -0.25) is 9.10 Å². The number of thiazole rings is 1. The van der Waals surface area contributed by atoms with Crippen LogP contribution >= 0.6 is 11.3 Å². The number of amides is 1. The van der Waals surface area contributed by atoms with Crippen LogP contribution in [-0.2, 0) is 23.0 Å². The molecule has 6 nitrogen and oxygen atoms in total. The summed E-state index contributed by atoms with van der Waals surface area (Å²) in [6, 6.07) is 19.4. The Labute approximate surface area is 201 Å². The van der Waals surface area contributed by atoms with E-state index < -0.39 is 15.9 Å². The molecule has 0 spiro atoms. The summed E-state index contributed by atoms with van der Waals surface area (Å²) < 4.78 is 30.7. The Bertz CT molecular complexity index is 1640.